The summed E-state index contributed by atoms with van der Waals surface area (Å²) in [5, 5.41) is 31.8. The third-order valence-electron chi connectivity index (χ3n) is 30.0. The van der Waals surface area contributed by atoms with E-state index in [1.807, 2.05) is 6.07 Å². The first-order chi connectivity index (χ1) is 72.0. The average Bonchev–Trinajstić information content (AvgIpc) is 1.67. The van der Waals surface area contributed by atoms with Crippen molar-refractivity contribution in [3.8, 4) is 122 Å². The van der Waals surface area contributed by atoms with Gasteiger partial charge in [-0.1, -0.05) is 479 Å². The van der Waals surface area contributed by atoms with Crippen LogP contribution in [-0.4, -0.2) is 0 Å². The Bertz CT molecular complexity index is 10300. The highest BCUT2D eigenvalue weighted by molar-refractivity contribution is 6.33. The highest BCUT2D eigenvalue weighted by Gasteiger charge is 2.29. The van der Waals surface area contributed by atoms with Gasteiger partial charge in [-0.25, -0.2) is 0 Å². The second-order valence-corrected chi connectivity index (χ2v) is 37.9. The largest absolute Gasteiger partial charge is 0.456 e. The van der Waals surface area contributed by atoms with Crippen LogP contribution in [0.25, 0.3) is 296 Å². The molecule has 3 heterocycles. The van der Waals surface area contributed by atoms with Crippen LogP contribution in [0.1, 0.15) is 0 Å². The topological polar surface area (TPSA) is 39.4 Å². The maximum absolute atomic E-state index is 6.71. The first kappa shape index (κ1) is 84.0. The Morgan fingerprint density at radius 2 is 0.386 bits per heavy atom. The predicted molar refractivity (Wildman–Crippen MR) is 616 cm³/mol. The molecule has 0 atom stereocenters. The monoisotopic (exact) mass is 1840 g/mol. The molecule has 0 amide bonds. The van der Waals surface area contributed by atoms with E-state index in [2.05, 4.69) is 528 Å². The standard InChI is InChI=1S/2C48H30O.C46H28O/c1-3-15-31(16-4-1)33-27-29-41(36-20-8-7-19-35(33)36)45-37-21-9-11-23-39(37)46(40-24-12-10-22-38(40)45)43-30-28-34(32-17-5-2-6-18-32)48-47(43)42-25-13-14-26-44(42)49-48;1-2-12-31(13-3-1)37-29-43(48-42-20-10-11-21-44(42)49-45(48)30-37)47-40-18-8-6-16-38(40)46(39-17-7-9-19-41(39)47)34-25-22-33(23-26-34)36-27-24-32-14-4-5-15-35(32)28-36;1-2-14-29(15-3-1)32-26-27-40(45-39-24-12-13-25-42(39)47-46(32)45)43-35-20-8-10-22-37(35)44(38-23-11-9-21-36(38)43)41-28-30-16-4-5-17-31(30)33-18-6-7-19-34(33)41/h2*1-30H;1-28H. The molecular weight excluding hydrogens is 1750 g/mol. The van der Waals surface area contributed by atoms with E-state index < -0.39 is 0 Å². The van der Waals surface area contributed by atoms with E-state index in [4.69, 9.17) is 13.3 Å². The number of hydrogen-bond acceptors (Lipinski definition) is 3. The number of hydrogen-bond donors (Lipinski definition) is 0. The molecule has 0 spiro atoms. The highest BCUT2D eigenvalue weighted by atomic mass is 16.3. The second kappa shape index (κ2) is 35.1. The zero-order chi connectivity index (χ0) is 95.5. The Morgan fingerprint density at radius 1 is 0.103 bits per heavy atom. The number of rotatable bonds is 11. The van der Waals surface area contributed by atoms with Gasteiger partial charge in [-0.05, 0) is 274 Å². The molecule has 0 fully saturated rings. The van der Waals surface area contributed by atoms with Crippen molar-refractivity contribution in [3.05, 3.63) is 534 Å². The molecule has 0 saturated heterocycles. The van der Waals surface area contributed by atoms with Crippen molar-refractivity contribution >= 4 is 174 Å². The molecule has 3 nitrogen and oxygen atoms in total. The Morgan fingerprint density at radius 3 is 0.841 bits per heavy atom. The molecule has 0 saturated carbocycles. The summed E-state index contributed by atoms with van der Waals surface area (Å²) in [7, 11) is 0. The highest BCUT2D eigenvalue weighted by Crippen LogP contribution is 2.56. The Balaban J connectivity index is 0.000000106. The molecule has 3 heteroatoms. The smallest absolute Gasteiger partial charge is 0.143 e. The van der Waals surface area contributed by atoms with Gasteiger partial charge in [-0.15, -0.1) is 0 Å². The van der Waals surface area contributed by atoms with Gasteiger partial charge in [0.25, 0.3) is 0 Å². The summed E-state index contributed by atoms with van der Waals surface area (Å²) < 4.78 is 20.0. The number of fused-ring (bicyclic) bond motifs is 20. The minimum atomic E-state index is 0.900. The first-order valence-corrected chi connectivity index (χ1v) is 49.9. The summed E-state index contributed by atoms with van der Waals surface area (Å²) in [5.74, 6) is 0. The van der Waals surface area contributed by atoms with E-state index in [-0.39, 0.29) is 0 Å². The van der Waals surface area contributed by atoms with Crippen LogP contribution < -0.4 is 0 Å². The fourth-order valence-corrected chi connectivity index (χ4v) is 23.6. The lowest BCUT2D eigenvalue weighted by atomic mass is 9.82. The Hall–Kier alpha value is -19.1. The molecule has 0 bridgehead atoms. The van der Waals surface area contributed by atoms with Crippen molar-refractivity contribution in [3.63, 3.8) is 0 Å². The summed E-state index contributed by atoms with van der Waals surface area (Å²) >= 11 is 0. The summed E-state index contributed by atoms with van der Waals surface area (Å²) in [4.78, 5) is 0. The quantitative estimate of drug-likeness (QED) is 0.0957. The van der Waals surface area contributed by atoms with Crippen LogP contribution in [0, 0.1) is 0 Å². The fourth-order valence-electron chi connectivity index (χ4n) is 23.6. The van der Waals surface area contributed by atoms with Crippen LogP contribution >= 0.6 is 0 Å². The van der Waals surface area contributed by atoms with Gasteiger partial charge in [0.2, 0.25) is 0 Å². The lowest BCUT2D eigenvalue weighted by molar-refractivity contribution is 0.669. The maximum Gasteiger partial charge on any atom is 0.143 e. The van der Waals surface area contributed by atoms with Gasteiger partial charge in [0, 0.05) is 43.4 Å². The first-order valence-electron chi connectivity index (χ1n) is 49.9. The van der Waals surface area contributed by atoms with E-state index in [1.54, 1.807) is 0 Å². The van der Waals surface area contributed by atoms with Crippen LogP contribution in [-0.2, 0) is 0 Å². The van der Waals surface area contributed by atoms with Gasteiger partial charge in [0.15, 0.2) is 0 Å². The number of furan rings is 3. The molecule has 0 N–H and O–H groups in total. The number of para-hydroxylation sites is 3. The molecule has 0 aliphatic heterocycles. The average molecular weight is 1840 g/mol. The molecule has 674 valence electrons. The summed E-state index contributed by atoms with van der Waals surface area (Å²) in [6.07, 6.45) is 0. The van der Waals surface area contributed by atoms with Gasteiger partial charge in [-0.2, -0.15) is 0 Å². The van der Waals surface area contributed by atoms with Gasteiger partial charge in [-0.3, -0.25) is 0 Å². The van der Waals surface area contributed by atoms with Crippen molar-refractivity contribution in [1.82, 2.24) is 0 Å². The zero-order valence-corrected chi connectivity index (χ0v) is 79.0. The second-order valence-electron chi connectivity index (χ2n) is 37.9. The SMILES string of the molecule is c1ccc(-c2cc(-c3c4ccccc4c(-c4ccc(-c5ccc6ccccc6c5)cc4)c4ccccc34)c3c(c2)oc2ccccc23)cc1.c1ccc(-c2ccc(-c3c4ccccc4c(-c4cc5ccccc5c5ccccc45)c4ccccc34)c3c2oc2ccccc23)cc1.c1ccc(-c2ccc(-c3c4ccccc4c(-c4ccc(-c5ccccc5)c5oc6ccccc6c45)c4ccccc34)c3ccccc23)cc1. The molecule has 30 aromatic rings. The van der Waals surface area contributed by atoms with Gasteiger partial charge < -0.3 is 13.3 Å². The molecule has 0 aliphatic carbocycles. The zero-order valence-electron chi connectivity index (χ0n) is 79.0. The Kier molecular flexibility index (Phi) is 20.3. The van der Waals surface area contributed by atoms with Crippen molar-refractivity contribution < 1.29 is 13.3 Å². The molecule has 0 unspecified atom stereocenters. The third-order valence-corrected chi connectivity index (χ3v) is 30.0. The molecule has 27 aromatic carbocycles. The van der Waals surface area contributed by atoms with Crippen molar-refractivity contribution in [2.75, 3.05) is 0 Å². The van der Waals surface area contributed by atoms with E-state index >= 15 is 0 Å². The fraction of sp³-hybridized carbons (Fsp3) is 0. The van der Waals surface area contributed by atoms with Crippen LogP contribution in [0.5, 0.6) is 0 Å². The molecule has 145 heavy (non-hydrogen) atoms. The van der Waals surface area contributed by atoms with E-state index in [9.17, 15) is 0 Å². The van der Waals surface area contributed by atoms with E-state index in [1.165, 1.54) is 202 Å². The lowest BCUT2D eigenvalue weighted by Crippen LogP contribution is -1.93. The minimum Gasteiger partial charge on any atom is -0.456 e. The third kappa shape index (κ3) is 14.1. The summed E-state index contributed by atoms with van der Waals surface area (Å²) in [6, 6.07) is 193. The molecule has 30 rings (SSSR count). The Labute approximate surface area is 836 Å². The molecular formula is C142H88O3. The van der Waals surface area contributed by atoms with Crippen molar-refractivity contribution in [2.45, 2.75) is 0 Å². The van der Waals surface area contributed by atoms with E-state index in [0.29, 0.717) is 0 Å². The predicted octanol–water partition coefficient (Wildman–Crippen LogP) is 40.6. The van der Waals surface area contributed by atoms with Gasteiger partial charge in [0.05, 0.1) is 0 Å². The van der Waals surface area contributed by atoms with Crippen LogP contribution in [0.15, 0.2) is 547 Å². The van der Waals surface area contributed by atoms with Crippen LogP contribution in [0.3, 0.4) is 0 Å². The van der Waals surface area contributed by atoms with Crippen molar-refractivity contribution in [1.29, 1.82) is 0 Å². The van der Waals surface area contributed by atoms with E-state index in [0.717, 1.165) is 93.6 Å². The maximum atomic E-state index is 6.71. The molecule has 0 radical (unpaired) electrons. The summed E-state index contributed by atoms with van der Waals surface area (Å²) in [5.41, 5.74) is 32.0. The van der Waals surface area contributed by atoms with Crippen LogP contribution in [0.2, 0.25) is 0 Å². The number of benzene rings is 27. The van der Waals surface area contributed by atoms with Gasteiger partial charge in [0.1, 0.15) is 33.5 Å². The minimum absolute atomic E-state index is 0.900. The lowest BCUT2D eigenvalue weighted by Gasteiger charge is -2.20. The normalized spacial score (nSPS) is 11.7. The van der Waals surface area contributed by atoms with Crippen molar-refractivity contribution in [2.24, 2.45) is 0 Å². The van der Waals surface area contributed by atoms with Gasteiger partial charge >= 0.3 is 0 Å². The molecule has 0 aliphatic rings. The summed E-state index contributed by atoms with van der Waals surface area (Å²) in [6.45, 7) is 0. The molecule has 3 aromatic heterocycles. The van der Waals surface area contributed by atoms with Crippen LogP contribution in [0.4, 0.5) is 0 Å².